The smallest absolute Gasteiger partial charge is 0.330 e. The number of esters is 1. The van der Waals surface area contributed by atoms with Crippen LogP contribution < -0.4 is 0 Å². The van der Waals surface area contributed by atoms with Crippen LogP contribution in [0.4, 0.5) is 0 Å². The van der Waals surface area contributed by atoms with Gasteiger partial charge < -0.3 is 4.74 Å². The van der Waals surface area contributed by atoms with Crippen LogP contribution in [0.3, 0.4) is 0 Å². The normalized spacial score (nSPS) is 12.0. The van der Waals surface area contributed by atoms with E-state index >= 15 is 0 Å². The molecule has 0 aliphatic heterocycles. The van der Waals surface area contributed by atoms with E-state index < -0.39 is 0 Å². The van der Waals surface area contributed by atoms with Crippen molar-refractivity contribution in [2.24, 2.45) is 11.8 Å². The molecule has 0 rings (SSSR count). The third-order valence-electron chi connectivity index (χ3n) is 2.15. The van der Waals surface area contributed by atoms with Crippen LogP contribution >= 0.6 is 0 Å². The van der Waals surface area contributed by atoms with Crippen LogP contribution in [0.2, 0.25) is 0 Å². The first kappa shape index (κ1) is 16.2. The zero-order valence-electron chi connectivity index (χ0n) is 11.9. The van der Waals surface area contributed by atoms with Crippen molar-refractivity contribution < 1.29 is 9.53 Å². The minimum absolute atomic E-state index is 0.249. The lowest BCUT2D eigenvalue weighted by molar-refractivity contribution is -0.137. The monoisotopic (exact) mass is 241 g/mol. The van der Waals surface area contributed by atoms with E-state index in [1.165, 1.54) is 6.08 Å². The number of rotatable bonds is 8. The van der Waals surface area contributed by atoms with Crippen molar-refractivity contribution in [2.75, 3.05) is 26.2 Å². The van der Waals surface area contributed by atoms with Gasteiger partial charge in [-0.1, -0.05) is 33.8 Å². The van der Waals surface area contributed by atoms with Gasteiger partial charge in [0.1, 0.15) is 0 Å². The number of carbonyl (C=O) groups is 1. The lowest BCUT2D eigenvalue weighted by Crippen LogP contribution is -2.31. The van der Waals surface area contributed by atoms with Crippen molar-refractivity contribution in [2.45, 2.75) is 34.6 Å². The van der Waals surface area contributed by atoms with Crippen LogP contribution in [0, 0.1) is 11.8 Å². The summed E-state index contributed by atoms with van der Waals surface area (Å²) in [4.78, 5) is 13.5. The molecule has 0 amide bonds. The second-order valence-corrected chi connectivity index (χ2v) is 5.16. The van der Waals surface area contributed by atoms with Crippen LogP contribution in [0.25, 0.3) is 0 Å². The van der Waals surface area contributed by atoms with Gasteiger partial charge in [-0.3, -0.25) is 4.90 Å². The molecule has 0 unspecified atom stereocenters. The van der Waals surface area contributed by atoms with Gasteiger partial charge in [-0.2, -0.15) is 0 Å². The largest absolute Gasteiger partial charge is 0.463 e. The fourth-order valence-electron chi connectivity index (χ4n) is 1.74. The summed E-state index contributed by atoms with van der Waals surface area (Å²) in [5.41, 5.74) is 0. The first-order valence-corrected chi connectivity index (χ1v) is 6.51. The molecule has 3 heteroatoms. The van der Waals surface area contributed by atoms with E-state index in [2.05, 4.69) is 32.6 Å². The maximum atomic E-state index is 11.1. The van der Waals surface area contributed by atoms with E-state index in [9.17, 15) is 4.79 Å². The molecule has 0 saturated carbocycles. The molecule has 0 aromatic rings. The molecular formula is C14H27NO2. The highest BCUT2D eigenvalue weighted by Gasteiger charge is 2.07. The Morgan fingerprint density at radius 3 is 2.12 bits per heavy atom. The van der Waals surface area contributed by atoms with Crippen LogP contribution in [-0.4, -0.2) is 37.1 Å². The van der Waals surface area contributed by atoms with Crippen molar-refractivity contribution in [3.8, 4) is 0 Å². The fourth-order valence-corrected chi connectivity index (χ4v) is 1.74. The lowest BCUT2D eigenvalue weighted by atomic mass is 10.1. The molecule has 0 bridgehead atoms. The van der Waals surface area contributed by atoms with Crippen molar-refractivity contribution >= 4 is 5.97 Å². The summed E-state index contributed by atoms with van der Waals surface area (Å²) in [6, 6.07) is 0. The van der Waals surface area contributed by atoms with Gasteiger partial charge in [-0.05, 0) is 18.8 Å². The van der Waals surface area contributed by atoms with E-state index in [1.807, 2.05) is 13.0 Å². The molecule has 0 aromatic carbocycles. The molecule has 3 nitrogen and oxygen atoms in total. The summed E-state index contributed by atoms with van der Waals surface area (Å²) in [7, 11) is 0. The lowest BCUT2D eigenvalue weighted by Gasteiger charge is -2.24. The molecule has 0 N–H and O–H groups in total. The minimum Gasteiger partial charge on any atom is -0.463 e. The first-order valence-electron chi connectivity index (χ1n) is 6.51. The minimum atomic E-state index is -0.249. The Bertz CT molecular complexity index is 224. The number of ether oxygens (including phenoxy) is 1. The fraction of sp³-hybridized carbons (Fsp3) is 0.786. The van der Waals surface area contributed by atoms with Crippen LogP contribution in [0.1, 0.15) is 34.6 Å². The summed E-state index contributed by atoms with van der Waals surface area (Å²) >= 11 is 0. The Morgan fingerprint density at radius 2 is 1.71 bits per heavy atom. The topological polar surface area (TPSA) is 29.5 Å². The number of carbonyl (C=O) groups excluding carboxylic acids is 1. The van der Waals surface area contributed by atoms with E-state index in [0.717, 1.165) is 19.6 Å². The maximum Gasteiger partial charge on any atom is 0.330 e. The Kier molecular flexibility index (Phi) is 8.78. The number of hydrogen-bond donors (Lipinski definition) is 0. The van der Waals surface area contributed by atoms with Crippen LogP contribution in [0.15, 0.2) is 12.2 Å². The molecular weight excluding hydrogens is 214 g/mol. The van der Waals surface area contributed by atoms with Gasteiger partial charge in [0.2, 0.25) is 0 Å². The van der Waals surface area contributed by atoms with Crippen molar-refractivity contribution in [3.05, 3.63) is 12.2 Å². The highest BCUT2D eigenvalue weighted by molar-refractivity contribution is 5.81. The second-order valence-electron chi connectivity index (χ2n) is 5.16. The van der Waals surface area contributed by atoms with E-state index in [-0.39, 0.29) is 5.97 Å². The molecule has 17 heavy (non-hydrogen) atoms. The molecule has 100 valence electrons. The van der Waals surface area contributed by atoms with Gasteiger partial charge in [0, 0.05) is 25.7 Å². The van der Waals surface area contributed by atoms with E-state index in [4.69, 9.17) is 4.74 Å². The molecule has 0 aliphatic carbocycles. The first-order chi connectivity index (χ1) is 7.95. The van der Waals surface area contributed by atoms with Gasteiger partial charge in [-0.15, -0.1) is 0 Å². The third-order valence-corrected chi connectivity index (χ3v) is 2.15. The highest BCUT2D eigenvalue weighted by Crippen LogP contribution is 2.03. The molecule has 0 atom stereocenters. The standard InChI is InChI=1S/C14H27NO2/c1-6-17-14(16)8-7-9-15(10-12(2)3)11-13(4)5/h7-8,12-13H,6,9-11H2,1-5H3/b8-7+. The average Bonchev–Trinajstić information content (AvgIpc) is 2.15. The number of hydrogen-bond acceptors (Lipinski definition) is 3. The Morgan fingerprint density at radius 1 is 1.18 bits per heavy atom. The van der Waals surface area contributed by atoms with Crippen molar-refractivity contribution in [1.29, 1.82) is 0 Å². The van der Waals surface area contributed by atoms with E-state index in [0.29, 0.717) is 18.4 Å². The molecule has 0 aromatic heterocycles. The van der Waals surface area contributed by atoms with Crippen LogP contribution in [-0.2, 0) is 9.53 Å². The average molecular weight is 241 g/mol. The van der Waals surface area contributed by atoms with Crippen LogP contribution in [0.5, 0.6) is 0 Å². The van der Waals surface area contributed by atoms with Gasteiger partial charge in [0.05, 0.1) is 6.61 Å². The van der Waals surface area contributed by atoms with E-state index in [1.54, 1.807) is 0 Å². The third kappa shape index (κ3) is 10.1. The summed E-state index contributed by atoms with van der Waals surface area (Å²) in [5.74, 6) is 1.04. The quantitative estimate of drug-likeness (QED) is 0.483. The van der Waals surface area contributed by atoms with Crippen molar-refractivity contribution in [1.82, 2.24) is 4.90 Å². The molecule has 0 radical (unpaired) electrons. The zero-order valence-corrected chi connectivity index (χ0v) is 11.9. The predicted molar refractivity (Wildman–Crippen MR) is 71.9 cm³/mol. The molecule has 0 spiro atoms. The molecule has 0 fully saturated rings. The van der Waals surface area contributed by atoms with Gasteiger partial charge >= 0.3 is 5.97 Å². The highest BCUT2D eigenvalue weighted by atomic mass is 16.5. The maximum absolute atomic E-state index is 11.1. The molecule has 0 saturated heterocycles. The van der Waals surface area contributed by atoms with Gasteiger partial charge in [-0.25, -0.2) is 4.79 Å². The Labute approximate surface area is 106 Å². The van der Waals surface area contributed by atoms with Crippen molar-refractivity contribution in [3.63, 3.8) is 0 Å². The summed E-state index contributed by atoms with van der Waals surface area (Å²) in [6.07, 6.45) is 3.42. The Hall–Kier alpha value is -0.830. The predicted octanol–water partition coefficient (Wildman–Crippen LogP) is 2.72. The summed E-state index contributed by atoms with van der Waals surface area (Å²) in [6.45, 7) is 14.0. The SMILES string of the molecule is CCOC(=O)/C=C/CN(CC(C)C)CC(C)C. The van der Waals surface area contributed by atoms with Gasteiger partial charge in [0.15, 0.2) is 0 Å². The Balaban J connectivity index is 4.10. The summed E-state index contributed by atoms with van der Waals surface area (Å²) < 4.78 is 4.84. The van der Waals surface area contributed by atoms with Gasteiger partial charge in [0.25, 0.3) is 0 Å². The summed E-state index contributed by atoms with van der Waals surface area (Å²) in [5, 5.41) is 0. The number of nitrogens with zero attached hydrogens (tertiary/aromatic N) is 1. The molecule has 0 aliphatic rings. The second kappa shape index (κ2) is 9.23. The zero-order chi connectivity index (χ0) is 13.3. The molecule has 0 heterocycles.